The van der Waals surface area contributed by atoms with Crippen molar-refractivity contribution in [2.45, 2.75) is 51.9 Å². The quantitative estimate of drug-likeness (QED) is 0.793. The van der Waals surface area contributed by atoms with Gasteiger partial charge < -0.3 is 4.74 Å². The highest BCUT2D eigenvalue weighted by molar-refractivity contribution is 5.82. The number of aryl methyl sites for hydroxylation is 1. The Bertz CT molecular complexity index is 525. The number of amides is 2. The van der Waals surface area contributed by atoms with Crippen LogP contribution in [-0.2, 0) is 16.0 Å². The van der Waals surface area contributed by atoms with E-state index >= 15 is 0 Å². The molecule has 0 heterocycles. The minimum Gasteiger partial charge on any atom is -0.483 e. The molecule has 0 unspecified atom stereocenters. The van der Waals surface area contributed by atoms with Gasteiger partial charge in [0.25, 0.3) is 5.91 Å². The van der Waals surface area contributed by atoms with Crippen LogP contribution in [0.2, 0.25) is 0 Å². The zero-order valence-corrected chi connectivity index (χ0v) is 13.8. The Morgan fingerprint density at radius 1 is 1.09 bits per heavy atom. The zero-order valence-electron chi connectivity index (χ0n) is 13.8. The van der Waals surface area contributed by atoms with Crippen LogP contribution in [0.5, 0.6) is 5.75 Å². The first kappa shape index (κ1) is 17.3. The summed E-state index contributed by atoms with van der Waals surface area (Å²) >= 11 is 0. The first-order chi connectivity index (χ1) is 11.2. The van der Waals surface area contributed by atoms with E-state index < -0.39 is 0 Å². The molecule has 126 valence electrons. The first-order valence-electron chi connectivity index (χ1n) is 8.47. The molecule has 2 amide bonds. The van der Waals surface area contributed by atoms with Crippen molar-refractivity contribution in [2.75, 3.05) is 6.61 Å². The third-order valence-electron chi connectivity index (χ3n) is 4.25. The average Bonchev–Trinajstić information content (AvgIpc) is 2.59. The lowest BCUT2D eigenvalue weighted by molar-refractivity contribution is -0.130. The summed E-state index contributed by atoms with van der Waals surface area (Å²) in [6.07, 6.45) is 7.22. The van der Waals surface area contributed by atoms with Gasteiger partial charge in [-0.3, -0.25) is 20.4 Å². The fraction of sp³-hybridized carbons (Fsp3) is 0.556. The third-order valence-corrected chi connectivity index (χ3v) is 4.25. The lowest BCUT2D eigenvalue weighted by Gasteiger charge is -2.20. The predicted molar refractivity (Wildman–Crippen MR) is 88.8 cm³/mol. The van der Waals surface area contributed by atoms with Crippen LogP contribution < -0.4 is 15.6 Å². The Hall–Kier alpha value is -2.04. The largest absolute Gasteiger partial charge is 0.483 e. The molecule has 2 rings (SSSR count). The number of carbonyl (C=O) groups is 2. The van der Waals surface area contributed by atoms with Gasteiger partial charge in [-0.1, -0.05) is 44.4 Å². The van der Waals surface area contributed by atoms with E-state index in [4.69, 9.17) is 4.74 Å². The summed E-state index contributed by atoms with van der Waals surface area (Å²) in [6.45, 7) is 1.93. The van der Waals surface area contributed by atoms with Crippen LogP contribution >= 0.6 is 0 Å². The number of rotatable bonds is 6. The smallest absolute Gasteiger partial charge is 0.276 e. The second-order valence-corrected chi connectivity index (χ2v) is 6.05. The van der Waals surface area contributed by atoms with Crippen molar-refractivity contribution < 1.29 is 14.3 Å². The van der Waals surface area contributed by atoms with Crippen LogP contribution in [0.25, 0.3) is 0 Å². The summed E-state index contributed by atoms with van der Waals surface area (Å²) in [4.78, 5) is 23.6. The summed E-state index contributed by atoms with van der Waals surface area (Å²) < 4.78 is 5.51. The zero-order chi connectivity index (χ0) is 16.5. The van der Waals surface area contributed by atoms with Crippen molar-refractivity contribution in [3.63, 3.8) is 0 Å². The Kier molecular flexibility index (Phi) is 6.91. The standard InChI is InChI=1S/C18H26N2O3/c1-2-15-10-6-7-11-16(15)23-13-18(22)20-19-17(21)12-14-8-4-3-5-9-14/h6-7,10-11,14H,2-5,8-9,12-13H2,1H3,(H,19,21)(H,20,22). The number of hydrogen-bond acceptors (Lipinski definition) is 3. The number of hydrazine groups is 1. The molecule has 1 aliphatic carbocycles. The molecule has 0 spiro atoms. The molecule has 23 heavy (non-hydrogen) atoms. The molecule has 1 aliphatic rings. The molecule has 0 aromatic heterocycles. The Balaban J connectivity index is 1.67. The van der Waals surface area contributed by atoms with E-state index in [9.17, 15) is 9.59 Å². The number of hydrogen-bond donors (Lipinski definition) is 2. The molecule has 0 atom stereocenters. The van der Waals surface area contributed by atoms with Gasteiger partial charge >= 0.3 is 0 Å². The van der Waals surface area contributed by atoms with E-state index in [0.29, 0.717) is 18.1 Å². The van der Waals surface area contributed by atoms with Gasteiger partial charge in [-0.15, -0.1) is 0 Å². The van der Waals surface area contributed by atoms with Crippen LogP contribution in [0.15, 0.2) is 24.3 Å². The second kappa shape index (κ2) is 9.18. The minimum absolute atomic E-state index is 0.110. The molecule has 1 fully saturated rings. The van der Waals surface area contributed by atoms with Crippen molar-refractivity contribution in [3.8, 4) is 5.75 Å². The number of ether oxygens (including phenoxy) is 1. The molecule has 5 nitrogen and oxygen atoms in total. The van der Waals surface area contributed by atoms with Crippen LogP contribution in [0.1, 0.15) is 51.0 Å². The fourth-order valence-electron chi connectivity index (χ4n) is 2.96. The van der Waals surface area contributed by atoms with Gasteiger partial charge in [0.05, 0.1) is 0 Å². The van der Waals surface area contributed by atoms with Crippen LogP contribution in [0.3, 0.4) is 0 Å². The number of para-hydroxylation sites is 1. The third kappa shape index (κ3) is 5.93. The lowest BCUT2D eigenvalue weighted by atomic mass is 9.87. The SMILES string of the molecule is CCc1ccccc1OCC(=O)NNC(=O)CC1CCCCC1. The average molecular weight is 318 g/mol. The summed E-state index contributed by atoms with van der Waals surface area (Å²) in [5.74, 6) is 0.680. The highest BCUT2D eigenvalue weighted by Crippen LogP contribution is 2.25. The highest BCUT2D eigenvalue weighted by atomic mass is 16.5. The van der Waals surface area contributed by atoms with Crippen molar-refractivity contribution in [1.29, 1.82) is 0 Å². The molecule has 1 aromatic carbocycles. The summed E-state index contributed by atoms with van der Waals surface area (Å²) in [7, 11) is 0. The van der Waals surface area contributed by atoms with Gasteiger partial charge in [-0.2, -0.15) is 0 Å². The molecule has 5 heteroatoms. The van der Waals surface area contributed by atoms with Crippen molar-refractivity contribution in [2.24, 2.45) is 5.92 Å². The fourth-order valence-corrected chi connectivity index (χ4v) is 2.96. The van der Waals surface area contributed by atoms with E-state index in [0.717, 1.165) is 24.8 Å². The molecule has 0 bridgehead atoms. The minimum atomic E-state index is -0.354. The monoisotopic (exact) mass is 318 g/mol. The number of benzene rings is 1. The Labute approximate surface area is 137 Å². The van der Waals surface area contributed by atoms with Gasteiger partial charge in [0.15, 0.2) is 6.61 Å². The molecule has 0 radical (unpaired) electrons. The van der Waals surface area contributed by atoms with E-state index in [1.54, 1.807) is 0 Å². The van der Waals surface area contributed by atoms with Gasteiger partial charge in [0, 0.05) is 6.42 Å². The van der Waals surface area contributed by atoms with E-state index in [-0.39, 0.29) is 18.4 Å². The highest BCUT2D eigenvalue weighted by Gasteiger charge is 2.17. The molecule has 2 N–H and O–H groups in total. The van der Waals surface area contributed by atoms with Gasteiger partial charge in [-0.25, -0.2) is 0 Å². The first-order valence-corrected chi connectivity index (χ1v) is 8.47. The van der Waals surface area contributed by atoms with Gasteiger partial charge in [-0.05, 0) is 36.8 Å². The maximum Gasteiger partial charge on any atom is 0.276 e. The van der Waals surface area contributed by atoms with Crippen molar-refractivity contribution in [3.05, 3.63) is 29.8 Å². The molecule has 0 saturated heterocycles. The summed E-state index contributed by atoms with van der Waals surface area (Å²) in [5.41, 5.74) is 5.95. The van der Waals surface area contributed by atoms with Crippen molar-refractivity contribution in [1.82, 2.24) is 10.9 Å². The normalized spacial score (nSPS) is 15.0. The van der Waals surface area contributed by atoms with Crippen LogP contribution in [-0.4, -0.2) is 18.4 Å². The maximum absolute atomic E-state index is 11.8. The molecule has 0 aliphatic heterocycles. The van der Waals surface area contributed by atoms with Gasteiger partial charge in [0.2, 0.25) is 5.91 Å². The van der Waals surface area contributed by atoms with E-state index in [2.05, 4.69) is 10.9 Å². The summed E-state index contributed by atoms with van der Waals surface area (Å²) in [5, 5.41) is 0. The van der Waals surface area contributed by atoms with Gasteiger partial charge in [0.1, 0.15) is 5.75 Å². The molecule has 1 saturated carbocycles. The van der Waals surface area contributed by atoms with E-state index in [1.165, 1.54) is 19.3 Å². The lowest BCUT2D eigenvalue weighted by Crippen LogP contribution is -2.44. The van der Waals surface area contributed by atoms with Crippen LogP contribution in [0.4, 0.5) is 0 Å². The van der Waals surface area contributed by atoms with E-state index in [1.807, 2.05) is 31.2 Å². The topological polar surface area (TPSA) is 67.4 Å². The maximum atomic E-state index is 11.8. The molecule has 1 aromatic rings. The Morgan fingerprint density at radius 2 is 1.78 bits per heavy atom. The molecular weight excluding hydrogens is 292 g/mol. The molecular formula is C18H26N2O3. The van der Waals surface area contributed by atoms with Crippen molar-refractivity contribution >= 4 is 11.8 Å². The second-order valence-electron chi connectivity index (χ2n) is 6.05. The number of nitrogens with one attached hydrogen (secondary N) is 2. The Morgan fingerprint density at radius 3 is 2.52 bits per heavy atom. The predicted octanol–water partition coefficient (Wildman–Crippen LogP) is 2.75. The van der Waals surface area contributed by atoms with Crippen LogP contribution in [0, 0.1) is 5.92 Å². The number of carbonyl (C=O) groups excluding carboxylic acids is 2. The summed E-state index contributed by atoms with van der Waals surface area (Å²) in [6, 6.07) is 7.63.